The minimum Gasteiger partial charge on any atom is -0.506 e. The van der Waals surface area contributed by atoms with Crippen LogP contribution in [0.25, 0.3) is 16.6 Å². The molecular formula is C21H14FN3O3S. The van der Waals surface area contributed by atoms with Crippen molar-refractivity contribution >= 4 is 34.7 Å². The van der Waals surface area contributed by atoms with Crippen LogP contribution in [-0.4, -0.2) is 20.6 Å². The van der Waals surface area contributed by atoms with Gasteiger partial charge in [-0.15, -0.1) is 0 Å². The summed E-state index contributed by atoms with van der Waals surface area (Å²) in [6.07, 6.45) is 0. The molecule has 1 heterocycles. The summed E-state index contributed by atoms with van der Waals surface area (Å²) in [6, 6.07) is 16.6. The molecule has 3 aromatic carbocycles. The van der Waals surface area contributed by atoms with Gasteiger partial charge in [-0.1, -0.05) is 24.3 Å². The van der Waals surface area contributed by atoms with Gasteiger partial charge >= 0.3 is 0 Å². The van der Waals surface area contributed by atoms with Crippen LogP contribution < -0.4 is 10.9 Å². The van der Waals surface area contributed by atoms with Gasteiger partial charge in [-0.3, -0.25) is 9.59 Å². The molecule has 0 spiro atoms. The van der Waals surface area contributed by atoms with E-state index in [1.54, 1.807) is 24.3 Å². The standard InChI is InChI=1S/C21H14FN3O3S/c22-14-5-1-3-7-17(14)25-20(28)13-10-9-12(11-16(13)24-21(25)29)19(27)23-15-6-2-4-8-18(15)26/h1-11,26H,(H,23,27)(H,24,29). The van der Waals surface area contributed by atoms with E-state index in [2.05, 4.69) is 10.3 Å². The van der Waals surface area contributed by atoms with Crippen LogP contribution in [0.2, 0.25) is 0 Å². The summed E-state index contributed by atoms with van der Waals surface area (Å²) in [6.45, 7) is 0. The first-order valence-electron chi connectivity index (χ1n) is 8.59. The van der Waals surface area contributed by atoms with Crippen molar-refractivity contribution in [3.05, 3.63) is 93.2 Å². The summed E-state index contributed by atoms with van der Waals surface area (Å²) in [5.74, 6) is -1.10. The SMILES string of the molecule is O=C(Nc1ccccc1O)c1ccc2c(=O)n(-c3ccccc3F)c(=S)[nH]c2c1. The number of aromatic hydroxyl groups is 1. The Morgan fingerprint density at radius 3 is 2.55 bits per heavy atom. The average molecular weight is 407 g/mol. The molecule has 0 fully saturated rings. The Morgan fingerprint density at radius 2 is 1.79 bits per heavy atom. The number of hydrogen-bond donors (Lipinski definition) is 3. The van der Waals surface area contributed by atoms with Crippen molar-refractivity contribution < 1.29 is 14.3 Å². The molecule has 8 heteroatoms. The van der Waals surface area contributed by atoms with Crippen molar-refractivity contribution in [2.45, 2.75) is 0 Å². The highest BCUT2D eigenvalue weighted by Crippen LogP contribution is 2.23. The van der Waals surface area contributed by atoms with E-state index in [1.165, 1.54) is 42.5 Å². The van der Waals surface area contributed by atoms with Gasteiger partial charge in [-0.05, 0) is 54.7 Å². The maximum atomic E-state index is 14.2. The summed E-state index contributed by atoms with van der Waals surface area (Å²) in [7, 11) is 0. The number of aromatic nitrogens is 2. The molecule has 1 aromatic heterocycles. The lowest BCUT2D eigenvalue weighted by Gasteiger charge is -2.10. The number of aromatic amines is 1. The van der Waals surface area contributed by atoms with E-state index in [4.69, 9.17) is 12.2 Å². The molecule has 0 aliphatic carbocycles. The van der Waals surface area contributed by atoms with Crippen LogP contribution in [0.15, 0.2) is 71.5 Å². The fraction of sp³-hybridized carbons (Fsp3) is 0. The van der Waals surface area contributed by atoms with E-state index in [0.29, 0.717) is 5.52 Å². The lowest BCUT2D eigenvalue weighted by molar-refractivity contribution is 0.102. The monoisotopic (exact) mass is 407 g/mol. The van der Waals surface area contributed by atoms with Gasteiger partial charge in [-0.25, -0.2) is 8.96 Å². The number of halogens is 1. The van der Waals surface area contributed by atoms with Crippen LogP contribution in [0, 0.1) is 10.6 Å². The highest BCUT2D eigenvalue weighted by Gasteiger charge is 2.14. The second-order valence-corrected chi connectivity index (χ2v) is 6.64. The Balaban J connectivity index is 1.78. The zero-order chi connectivity index (χ0) is 20.5. The minimum absolute atomic E-state index is 0.00543. The van der Waals surface area contributed by atoms with Crippen LogP contribution >= 0.6 is 12.2 Å². The average Bonchev–Trinajstić information content (AvgIpc) is 2.70. The zero-order valence-electron chi connectivity index (χ0n) is 14.8. The number of rotatable bonds is 3. The van der Waals surface area contributed by atoms with Crippen LogP contribution in [0.3, 0.4) is 0 Å². The number of phenols is 1. The van der Waals surface area contributed by atoms with Gasteiger partial charge in [0.25, 0.3) is 11.5 Å². The fourth-order valence-corrected chi connectivity index (χ4v) is 3.28. The number of benzene rings is 3. The highest BCUT2D eigenvalue weighted by molar-refractivity contribution is 7.71. The van der Waals surface area contributed by atoms with Gasteiger partial charge in [0.15, 0.2) is 4.77 Å². The number of hydrogen-bond acceptors (Lipinski definition) is 4. The van der Waals surface area contributed by atoms with Crippen molar-refractivity contribution in [2.24, 2.45) is 0 Å². The predicted octanol–water partition coefficient (Wildman–Crippen LogP) is 4.15. The van der Waals surface area contributed by atoms with Crippen LogP contribution in [0.1, 0.15) is 10.4 Å². The second-order valence-electron chi connectivity index (χ2n) is 6.25. The molecule has 6 nitrogen and oxygen atoms in total. The number of amides is 1. The molecule has 1 amide bonds. The predicted molar refractivity (Wildman–Crippen MR) is 111 cm³/mol. The molecule has 4 aromatic rings. The van der Waals surface area contributed by atoms with E-state index in [0.717, 1.165) is 4.57 Å². The summed E-state index contributed by atoms with van der Waals surface area (Å²) in [5.41, 5.74) is 0.413. The Kier molecular flexibility index (Phi) is 4.69. The first-order chi connectivity index (χ1) is 14.0. The molecule has 0 saturated carbocycles. The lowest BCUT2D eigenvalue weighted by atomic mass is 10.1. The number of carbonyl (C=O) groups excluding carboxylic acids is 1. The Hall–Kier alpha value is -3.78. The normalized spacial score (nSPS) is 10.8. The third-order valence-corrected chi connectivity index (χ3v) is 4.69. The molecule has 29 heavy (non-hydrogen) atoms. The van der Waals surface area contributed by atoms with Gasteiger partial charge in [0.1, 0.15) is 11.6 Å². The van der Waals surface area contributed by atoms with Crippen molar-refractivity contribution in [3.8, 4) is 11.4 Å². The first kappa shape index (κ1) is 18.6. The number of anilines is 1. The summed E-state index contributed by atoms with van der Waals surface area (Å²) in [5, 5.41) is 12.7. The molecule has 0 atom stereocenters. The minimum atomic E-state index is -0.577. The number of nitrogens with zero attached hydrogens (tertiary/aromatic N) is 1. The van der Waals surface area contributed by atoms with Gasteiger partial charge in [0, 0.05) is 5.56 Å². The van der Waals surface area contributed by atoms with Crippen LogP contribution in [0.5, 0.6) is 5.75 Å². The number of phenolic OH excluding ortho intramolecular Hbond substituents is 1. The number of para-hydroxylation sites is 3. The molecule has 0 radical (unpaired) electrons. The third kappa shape index (κ3) is 3.41. The smallest absolute Gasteiger partial charge is 0.266 e. The molecule has 4 rings (SSSR count). The van der Waals surface area contributed by atoms with Crippen LogP contribution in [-0.2, 0) is 0 Å². The zero-order valence-corrected chi connectivity index (χ0v) is 15.7. The molecule has 3 N–H and O–H groups in total. The van der Waals surface area contributed by atoms with E-state index in [9.17, 15) is 19.1 Å². The summed E-state index contributed by atoms with van der Waals surface area (Å²) >= 11 is 5.25. The maximum Gasteiger partial charge on any atom is 0.266 e. The second kappa shape index (κ2) is 7.33. The maximum absolute atomic E-state index is 14.2. The molecule has 0 aliphatic heterocycles. The van der Waals surface area contributed by atoms with Gasteiger partial charge in [0.2, 0.25) is 0 Å². The van der Waals surface area contributed by atoms with Crippen molar-refractivity contribution in [1.82, 2.24) is 9.55 Å². The van der Waals surface area contributed by atoms with Crippen molar-refractivity contribution in [2.75, 3.05) is 5.32 Å². The summed E-state index contributed by atoms with van der Waals surface area (Å²) in [4.78, 5) is 28.3. The Bertz CT molecular complexity index is 1380. The number of carbonyl (C=O) groups is 1. The molecular weight excluding hydrogens is 393 g/mol. The Morgan fingerprint density at radius 1 is 1.07 bits per heavy atom. The van der Waals surface area contributed by atoms with E-state index in [-0.39, 0.29) is 32.8 Å². The molecule has 0 bridgehead atoms. The topological polar surface area (TPSA) is 87.1 Å². The van der Waals surface area contributed by atoms with Crippen molar-refractivity contribution in [3.63, 3.8) is 0 Å². The van der Waals surface area contributed by atoms with Gasteiger partial charge < -0.3 is 15.4 Å². The quantitative estimate of drug-likeness (QED) is 0.352. The Labute approximate surface area is 168 Å². The third-order valence-electron chi connectivity index (χ3n) is 4.41. The van der Waals surface area contributed by atoms with Crippen molar-refractivity contribution in [1.29, 1.82) is 0 Å². The molecule has 0 aliphatic rings. The van der Waals surface area contributed by atoms with E-state index >= 15 is 0 Å². The fourth-order valence-electron chi connectivity index (χ4n) is 2.98. The van der Waals surface area contributed by atoms with Gasteiger partial charge in [0.05, 0.1) is 22.3 Å². The van der Waals surface area contributed by atoms with Gasteiger partial charge in [-0.2, -0.15) is 0 Å². The first-order valence-corrected chi connectivity index (χ1v) is 9.00. The number of nitrogens with one attached hydrogen (secondary N) is 2. The number of fused-ring (bicyclic) bond motifs is 1. The highest BCUT2D eigenvalue weighted by atomic mass is 32.1. The molecule has 144 valence electrons. The number of H-pyrrole nitrogens is 1. The largest absolute Gasteiger partial charge is 0.506 e. The van der Waals surface area contributed by atoms with E-state index in [1.807, 2.05) is 0 Å². The summed E-state index contributed by atoms with van der Waals surface area (Å²) < 4.78 is 15.2. The van der Waals surface area contributed by atoms with Crippen LogP contribution in [0.4, 0.5) is 10.1 Å². The van der Waals surface area contributed by atoms with E-state index < -0.39 is 17.3 Å². The molecule has 0 saturated heterocycles. The molecule has 0 unspecified atom stereocenters. The lowest BCUT2D eigenvalue weighted by Crippen LogP contribution is -2.22.